The number of esters is 1. The third-order valence-electron chi connectivity index (χ3n) is 3.35. The Balaban J connectivity index is 2.01. The Morgan fingerprint density at radius 2 is 2.00 bits per heavy atom. The van der Waals surface area contributed by atoms with Crippen molar-refractivity contribution in [3.05, 3.63) is 41.6 Å². The normalized spacial score (nSPS) is 11.8. The van der Waals surface area contributed by atoms with Crippen molar-refractivity contribution in [3.8, 4) is 11.3 Å². The smallest absolute Gasteiger partial charge is 0.357 e. The number of aryl methyl sites for hydroxylation is 1. The molecule has 122 valence electrons. The van der Waals surface area contributed by atoms with Gasteiger partial charge in [-0.2, -0.15) is 5.10 Å². The second-order valence-corrected chi connectivity index (χ2v) is 5.37. The van der Waals surface area contributed by atoms with Crippen molar-refractivity contribution in [2.45, 2.75) is 33.3 Å². The lowest BCUT2D eigenvalue weighted by Crippen LogP contribution is -2.36. The molecule has 2 N–H and O–H groups in total. The van der Waals surface area contributed by atoms with E-state index in [1.165, 1.54) is 0 Å². The lowest BCUT2D eigenvalue weighted by Gasteiger charge is -2.12. The summed E-state index contributed by atoms with van der Waals surface area (Å²) in [5.41, 5.74) is 2.92. The number of amides is 1. The summed E-state index contributed by atoms with van der Waals surface area (Å²) in [6, 6.07) is 9.43. The summed E-state index contributed by atoms with van der Waals surface area (Å²) in [5.74, 6) is -0.909. The molecule has 0 fully saturated rings. The Morgan fingerprint density at radius 1 is 1.30 bits per heavy atom. The van der Waals surface area contributed by atoms with E-state index in [0.717, 1.165) is 17.5 Å². The van der Waals surface area contributed by atoms with Crippen LogP contribution in [0, 0.1) is 6.92 Å². The van der Waals surface area contributed by atoms with Gasteiger partial charge in [0.1, 0.15) is 5.69 Å². The van der Waals surface area contributed by atoms with Crippen molar-refractivity contribution < 1.29 is 14.3 Å². The van der Waals surface area contributed by atoms with Gasteiger partial charge < -0.3 is 10.1 Å². The highest BCUT2D eigenvalue weighted by atomic mass is 16.5. The van der Waals surface area contributed by atoms with Gasteiger partial charge in [0.25, 0.3) is 5.91 Å². The van der Waals surface area contributed by atoms with Crippen LogP contribution in [0.25, 0.3) is 11.3 Å². The van der Waals surface area contributed by atoms with E-state index in [9.17, 15) is 9.59 Å². The highest BCUT2D eigenvalue weighted by molar-refractivity contribution is 5.91. The molecule has 0 aliphatic rings. The van der Waals surface area contributed by atoms with Gasteiger partial charge in [0.05, 0.1) is 5.69 Å². The molecule has 2 rings (SSSR count). The van der Waals surface area contributed by atoms with E-state index in [1.807, 2.05) is 38.1 Å². The van der Waals surface area contributed by atoms with Crippen LogP contribution in [-0.4, -0.2) is 34.7 Å². The van der Waals surface area contributed by atoms with Crippen molar-refractivity contribution in [2.24, 2.45) is 0 Å². The van der Waals surface area contributed by atoms with Crippen molar-refractivity contribution >= 4 is 11.9 Å². The zero-order valence-corrected chi connectivity index (χ0v) is 13.6. The Labute approximate surface area is 135 Å². The molecular weight excluding hydrogens is 294 g/mol. The fourth-order valence-corrected chi connectivity index (χ4v) is 1.97. The molecule has 0 aliphatic heterocycles. The molecule has 6 nitrogen and oxygen atoms in total. The number of carbonyl (C=O) groups excluding carboxylic acids is 2. The van der Waals surface area contributed by atoms with Crippen LogP contribution >= 0.6 is 0 Å². The highest BCUT2D eigenvalue weighted by Crippen LogP contribution is 2.18. The monoisotopic (exact) mass is 315 g/mol. The lowest BCUT2D eigenvalue weighted by molar-refractivity contribution is -0.129. The minimum absolute atomic E-state index is 0.218. The summed E-state index contributed by atoms with van der Waals surface area (Å²) in [7, 11) is 0. The van der Waals surface area contributed by atoms with E-state index in [2.05, 4.69) is 15.5 Å². The molecule has 0 aliphatic carbocycles. The number of aromatic nitrogens is 2. The van der Waals surface area contributed by atoms with E-state index in [4.69, 9.17) is 4.74 Å². The van der Waals surface area contributed by atoms with Crippen LogP contribution in [0.5, 0.6) is 0 Å². The molecule has 0 bridgehead atoms. The molecular formula is C17H21N3O3. The van der Waals surface area contributed by atoms with Gasteiger partial charge in [-0.05, 0) is 26.3 Å². The molecule has 0 radical (unpaired) electrons. The number of H-pyrrole nitrogens is 1. The second kappa shape index (κ2) is 7.58. The van der Waals surface area contributed by atoms with Gasteiger partial charge in [-0.1, -0.05) is 36.8 Å². The van der Waals surface area contributed by atoms with E-state index < -0.39 is 12.1 Å². The summed E-state index contributed by atoms with van der Waals surface area (Å²) in [4.78, 5) is 23.8. The number of rotatable bonds is 6. The van der Waals surface area contributed by atoms with Crippen molar-refractivity contribution in [3.63, 3.8) is 0 Å². The average molecular weight is 315 g/mol. The third-order valence-corrected chi connectivity index (χ3v) is 3.35. The van der Waals surface area contributed by atoms with Crippen LogP contribution in [0.3, 0.4) is 0 Å². The van der Waals surface area contributed by atoms with Gasteiger partial charge in [0, 0.05) is 12.1 Å². The molecule has 0 saturated carbocycles. The van der Waals surface area contributed by atoms with E-state index in [0.29, 0.717) is 12.2 Å². The zero-order chi connectivity index (χ0) is 16.8. The minimum atomic E-state index is -0.847. The lowest BCUT2D eigenvalue weighted by atomic mass is 10.1. The second-order valence-electron chi connectivity index (χ2n) is 5.37. The van der Waals surface area contributed by atoms with Crippen LogP contribution in [0.4, 0.5) is 0 Å². The molecule has 1 atom stereocenters. The first-order valence-electron chi connectivity index (χ1n) is 7.62. The number of hydrogen-bond acceptors (Lipinski definition) is 4. The van der Waals surface area contributed by atoms with Crippen LogP contribution in [0.1, 0.15) is 36.3 Å². The summed E-state index contributed by atoms with van der Waals surface area (Å²) >= 11 is 0. The summed E-state index contributed by atoms with van der Waals surface area (Å²) in [5, 5.41) is 9.45. The SMILES string of the molecule is CCCNC(=O)C(C)OC(=O)c1cc(-c2ccc(C)cc2)n[nH]1. The zero-order valence-electron chi connectivity index (χ0n) is 13.6. The standard InChI is InChI=1S/C17H21N3O3/c1-4-9-18-16(21)12(3)23-17(22)15-10-14(19-20-15)13-7-5-11(2)6-8-13/h5-8,10,12H,4,9H2,1-3H3,(H,18,21)(H,19,20). The number of ether oxygens (including phenoxy) is 1. The maximum atomic E-state index is 12.1. The molecule has 1 unspecified atom stereocenters. The molecule has 1 amide bonds. The molecule has 1 aromatic carbocycles. The van der Waals surface area contributed by atoms with E-state index in [-0.39, 0.29) is 11.6 Å². The molecule has 6 heteroatoms. The first-order chi connectivity index (χ1) is 11.0. The Hall–Kier alpha value is -2.63. The Kier molecular flexibility index (Phi) is 5.51. The van der Waals surface area contributed by atoms with Crippen molar-refractivity contribution in [1.29, 1.82) is 0 Å². The van der Waals surface area contributed by atoms with E-state index >= 15 is 0 Å². The fraction of sp³-hybridized carbons (Fsp3) is 0.353. The third kappa shape index (κ3) is 4.42. The molecule has 2 aromatic rings. The van der Waals surface area contributed by atoms with Gasteiger partial charge in [0.2, 0.25) is 0 Å². The van der Waals surface area contributed by atoms with Gasteiger partial charge in [-0.15, -0.1) is 0 Å². The number of aromatic amines is 1. The Morgan fingerprint density at radius 3 is 2.65 bits per heavy atom. The maximum absolute atomic E-state index is 12.1. The number of hydrogen-bond donors (Lipinski definition) is 2. The van der Waals surface area contributed by atoms with Crippen molar-refractivity contribution in [2.75, 3.05) is 6.54 Å². The number of benzene rings is 1. The molecule has 0 saturated heterocycles. The van der Waals surface area contributed by atoms with Gasteiger partial charge in [-0.25, -0.2) is 4.79 Å². The maximum Gasteiger partial charge on any atom is 0.357 e. The first-order valence-corrected chi connectivity index (χ1v) is 7.62. The van der Waals surface area contributed by atoms with Crippen molar-refractivity contribution in [1.82, 2.24) is 15.5 Å². The van der Waals surface area contributed by atoms with Crippen LogP contribution < -0.4 is 5.32 Å². The number of nitrogens with one attached hydrogen (secondary N) is 2. The quantitative estimate of drug-likeness (QED) is 0.802. The van der Waals surface area contributed by atoms with E-state index in [1.54, 1.807) is 13.0 Å². The van der Waals surface area contributed by atoms with Gasteiger partial charge >= 0.3 is 5.97 Å². The van der Waals surface area contributed by atoms with Crippen LogP contribution in [0.15, 0.2) is 30.3 Å². The highest BCUT2D eigenvalue weighted by Gasteiger charge is 2.20. The average Bonchev–Trinajstić information content (AvgIpc) is 3.03. The predicted molar refractivity (Wildman–Crippen MR) is 86.9 cm³/mol. The topological polar surface area (TPSA) is 84.1 Å². The molecule has 0 spiro atoms. The summed E-state index contributed by atoms with van der Waals surface area (Å²) < 4.78 is 5.14. The predicted octanol–water partition coefficient (Wildman–Crippen LogP) is 2.46. The van der Waals surface area contributed by atoms with Gasteiger partial charge in [-0.3, -0.25) is 9.89 Å². The summed E-state index contributed by atoms with van der Waals surface area (Å²) in [6.45, 7) is 6.05. The van der Waals surface area contributed by atoms with Gasteiger partial charge in [0.15, 0.2) is 6.10 Å². The number of nitrogens with zero attached hydrogens (tertiary/aromatic N) is 1. The molecule has 1 heterocycles. The first kappa shape index (κ1) is 16.7. The summed E-state index contributed by atoms with van der Waals surface area (Å²) in [6.07, 6.45) is -0.0208. The fourth-order valence-electron chi connectivity index (χ4n) is 1.97. The molecule has 23 heavy (non-hydrogen) atoms. The number of carbonyl (C=O) groups is 2. The van der Waals surface area contributed by atoms with Crippen LogP contribution in [0.2, 0.25) is 0 Å². The largest absolute Gasteiger partial charge is 0.448 e. The van der Waals surface area contributed by atoms with Crippen LogP contribution in [-0.2, 0) is 9.53 Å². The minimum Gasteiger partial charge on any atom is -0.448 e. The Bertz CT molecular complexity index is 677. The molecule has 1 aromatic heterocycles.